The van der Waals surface area contributed by atoms with E-state index in [4.69, 9.17) is 5.11 Å². The maximum absolute atomic E-state index is 11.6. The van der Waals surface area contributed by atoms with Crippen LogP contribution in [0.25, 0.3) is 0 Å². The summed E-state index contributed by atoms with van der Waals surface area (Å²) in [5, 5.41) is 16.3. The zero-order chi connectivity index (χ0) is 14.2. The van der Waals surface area contributed by atoms with Gasteiger partial charge in [-0.3, -0.25) is 4.79 Å². The average Bonchev–Trinajstić information content (AvgIpc) is 2.48. The first kappa shape index (κ1) is 14.5. The van der Waals surface area contributed by atoms with E-state index in [9.17, 15) is 4.79 Å². The Kier molecular flexibility index (Phi) is 5.55. The van der Waals surface area contributed by atoms with Crippen LogP contribution in [0.3, 0.4) is 0 Å². The smallest absolute Gasteiger partial charge is 0.254 e. The molecule has 0 radical (unpaired) electrons. The van der Waals surface area contributed by atoms with Crippen LogP contribution in [0.2, 0.25) is 0 Å². The van der Waals surface area contributed by atoms with Crippen molar-refractivity contribution in [1.29, 1.82) is 0 Å². The molecule has 5 heteroatoms. The van der Waals surface area contributed by atoms with E-state index in [-0.39, 0.29) is 11.7 Å². The van der Waals surface area contributed by atoms with E-state index >= 15 is 0 Å². The predicted molar refractivity (Wildman–Crippen MR) is 78.7 cm³/mol. The lowest BCUT2D eigenvalue weighted by molar-refractivity contribution is -0.120. The van der Waals surface area contributed by atoms with Crippen molar-refractivity contribution in [2.24, 2.45) is 5.10 Å². The molecule has 2 rings (SSSR count). The number of carbonyl (C=O) groups is 1. The summed E-state index contributed by atoms with van der Waals surface area (Å²) in [6.07, 6.45) is 7.67. The summed E-state index contributed by atoms with van der Waals surface area (Å²) in [6, 6.07) is 7.08. The molecule has 1 aromatic carbocycles. The van der Waals surface area contributed by atoms with E-state index in [2.05, 4.69) is 15.8 Å². The molecule has 1 aromatic rings. The highest BCUT2D eigenvalue weighted by Crippen LogP contribution is 2.16. The molecule has 0 bridgehead atoms. The van der Waals surface area contributed by atoms with Crippen molar-refractivity contribution >= 4 is 12.1 Å². The topological polar surface area (TPSA) is 73.7 Å². The van der Waals surface area contributed by atoms with Crippen LogP contribution in [-0.2, 0) is 4.79 Å². The summed E-state index contributed by atoms with van der Waals surface area (Å²) in [5.41, 5.74) is 3.31. The van der Waals surface area contributed by atoms with Gasteiger partial charge < -0.3 is 10.4 Å². The Morgan fingerprint density at radius 1 is 1.25 bits per heavy atom. The molecule has 0 heterocycles. The minimum absolute atomic E-state index is 0.134. The molecule has 1 aliphatic rings. The van der Waals surface area contributed by atoms with E-state index < -0.39 is 0 Å². The van der Waals surface area contributed by atoms with Crippen LogP contribution in [0.15, 0.2) is 29.4 Å². The molecule has 1 saturated carbocycles. The van der Waals surface area contributed by atoms with Crippen molar-refractivity contribution < 1.29 is 9.90 Å². The van der Waals surface area contributed by atoms with Gasteiger partial charge in [-0.25, -0.2) is 5.43 Å². The zero-order valence-electron chi connectivity index (χ0n) is 11.5. The first-order valence-corrected chi connectivity index (χ1v) is 7.08. The first-order valence-electron chi connectivity index (χ1n) is 7.08. The second-order valence-electron chi connectivity index (χ2n) is 5.10. The number of benzene rings is 1. The lowest BCUT2D eigenvalue weighted by Gasteiger charge is -2.22. The third-order valence-electron chi connectivity index (χ3n) is 3.45. The number of aromatic hydroxyl groups is 1. The molecule has 1 amide bonds. The summed E-state index contributed by atoms with van der Waals surface area (Å²) >= 11 is 0. The normalized spacial score (nSPS) is 16.4. The third-order valence-corrected chi connectivity index (χ3v) is 3.45. The van der Waals surface area contributed by atoms with Crippen LogP contribution < -0.4 is 10.7 Å². The van der Waals surface area contributed by atoms with Crippen molar-refractivity contribution in [3.63, 3.8) is 0 Å². The molecule has 3 N–H and O–H groups in total. The summed E-state index contributed by atoms with van der Waals surface area (Å²) in [4.78, 5) is 11.6. The molecule has 5 nitrogen and oxygen atoms in total. The third kappa shape index (κ3) is 5.01. The van der Waals surface area contributed by atoms with Gasteiger partial charge in [-0.05, 0) is 42.7 Å². The number of hydrogen-bond acceptors (Lipinski definition) is 4. The van der Waals surface area contributed by atoms with Gasteiger partial charge in [-0.2, -0.15) is 5.10 Å². The zero-order valence-corrected chi connectivity index (χ0v) is 11.5. The van der Waals surface area contributed by atoms with Crippen LogP contribution in [0.4, 0.5) is 0 Å². The largest absolute Gasteiger partial charge is 0.508 e. The molecular weight excluding hydrogens is 254 g/mol. The van der Waals surface area contributed by atoms with Crippen molar-refractivity contribution in [2.45, 2.75) is 38.1 Å². The highest BCUT2D eigenvalue weighted by molar-refractivity contribution is 5.83. The average molecular weight is 275 g/mol. The lowest BCUT2D eigenvalue weighted by Crippen LogP contribution is -2.38. The van der Waals surface area contributed by atoms with Crippen molar-refractivity contribution in [2.75, 3.05) is 6.54 Å². The Bertz CT molecular complexity index is 451. The predicted octanol–water partition coefficient (Wildman–Crippen LogP) is 1.76. The number of phenolic OH excluding ortho intramolecular Hbond substituents is 1. The van der Waals surface area contributed by atoms with Gasteiger partial charge in [0.05, 0.1) is 12.8 Å². The Morgan fingerprint density at radius 3 is 2.65 bits per heavy atom. The Labute approximate surface area is 119 Å². The van der Waals surface area contributed by atoms with Gasteiger partial charge in [0.15, 0.2) is 0 Å². The minimum atomic E-state index is -0.134. The standard InChI is InChI=1S/C15H21N3O2/c19-14-8-6-12(7-9-14)10-17-18-15(20)11-16-13-4-2-1-3-5-13/h6-10,13,16,19H,1-5,11H2,(H,18,20)/b17-10-. The Balaban J connectivity index is 1.67. The second kappa shape index (κ2) is 7.65. The summed E-state index contributed by atoms with van der Waals surface area (Å²) in [7, 11) is 0. The molecule has 1 fully saturated rings. The van der Waals surface area contributed by atoms with Crippen molar-refractivity contribution in [3.05, 3.63) is 29.8 Å². The SMILES string of the molecule is O=C(CNC1CCCCC1)N/N=C\c1ccc(O)cc1. The fraction of sp³-hybridized carbons (Fsp3) is 0.467. The van der Waals surface area contributed by atoms with E-state index in [0.29, 0.717) is 12.6 Å². The number of carbonyl (C=O) groups excluding carboxylic acids is 1. The van der Waals surface area contributed by atoms with Gasteiger partial charge in [-0.1, -0.05) is 19.3 Å². The van der Waals surface area contributed by atoms with E-state index in [0.717, 1.165) is 18.4 Å². The van der Waals surface area contributed by atoms with E-state index in [1.54, 1.807) is 30.5 Å². The van der Waals surface area contributed by atoms with Gasteiger partial charge in [-0.15, -0.1) is 0 Å². The lowest BCUT2D eigenvalue weighted by atomic mass is 9.95. The van der Waals surface area contributed by atoms with Crippen molar-refractivity contribution in [1.82, 2.24) is 10.7 Å². The van der Waals surface area contributed by atoms with Crippen LogP contribution >= 0.6 is 0 Å². The molecule has 0 saturated heterocycles. The number of nitrogens with one attached hydrogen (secondary N) is 2. The fourth-order valence-corrected chi connectivity index (χ4v) is 2.32. The van der Waals surface area contributed by atoms with Crippen LogP contribution in [-0.4, -0.2) is 29.8 Å². The van der Waals surface area contributed by atoms with E-state index in [1.807, 2.05) is 0 Å². The molecule has 0 aliphatic heterocycles. The number of amides is 1. The highest BCUT2D eigenvalue weighted by Gasteiger charge is 2.13. The Morgan fingerprint density at radius 2 is 1.95 bits per heavy atom. The fourth-order valence-electron chi connectivity index (χ4n) is 2.32. The minimum Gasteiger partial charge on any atom is -0.508 e. The molecule has 0 spiro atoms. The van der Waals surface area contributed by atoms with Gasteiger partial charge in [0.1, 0.15) is 5.75 Å². The van der Waals surface area contributed by atoms with E-state index in [1.165, 1.54) is 19.3 Å². The summed E-state index contributed by atoms with van der Waals surface area (Å²) in [6.45, 7) is 0.303. The maximum Gasteiger partial charge on any atom is 0.254 e. The molecule has 1 aliphatic carbocycles. The number of rotatable bonds is 5. The maximum atomic E-state index is 11.6. The van der Waals surface area contributed by atoms with Gasteiger partial charge in [0.25, 0.3) is 5.91 Å². The molecular formula is C15H21N3O2. The number of nitrogens with zero attached hydrogens (tertiary/aromatic N) is 1. The van der Waals surface area contributed by atoms with Gasteiger partial charge in [0.2, 0.25) is 0 Å². The first-order chi connectivity index (χ1) is 9.74. The number of hydrogen-bond donors (Lipinski definition) is 3. The van der Waals surface area contributed by atoms with Crippen LogP contribution in [0.1, 0.15) is 37.7 Å². The molecule has 0 atom stereocenters. The highest BCUT2D eigenvalue weighted by atomic mass is 16.3. The number of hydrazone groups is 1. The van der Waals surface area contributed by atoms with Gasteiger partial charge >= 0.3 is 0 Å². The summed E-state index contributed by atoms with van der Waals surface area (Å²) < 4.78 is 0. The molecule has 108 valence electrons. The monoisotopic (exact) mass is 275 g/mol. The van der Waals surface area contributed by atoms with Crippen LogP contribution in [0, 0.1) is 0 Å². The molecule has 20 heavy (non-hydrogen) atoms. The quantitative estimate of drug-likeness (QED) is 0.566. The second-order valence-corrected chi connectivity index (χ2v) is 5.10. The summed E-state index contributed by atoms with van der Waals surface area (Å²) in [5.74, 6) is 0.0773. The van der Waals surface area contributed by atoms with Gasteiger partial charge in [0, 0.05) is 6.04 Å². The van der Waals surface area contributed by atoms with Crippen LogP contribution in [0.5, 0.6) is 5.75 Å². The molecule has 0 unspecified atom stereocenters. The Hall–Kier alpha value is -1.88. The number of phenols is 1. The molecule has 0 aromatic heterocycles. The van der Waals surface area contributed by atoms with Crippen molar-refractivity contribution in [3.8, 4) is 5.75 Å².